The number of anilines is 2. The molecule has 0 unspecified atom stereocenters. The van der Waals surface area contributed by atoms with Gasteiger partial charge in [-0.1, -0.05) is 23.7 Å². The molecule has 2 heterocycles. The van der Waals surface area contributed by atoms with Gasteiger partial charge in [-0.25, -0.2) is 9.37 Å². The molecule has 1 fully saturated rings. The minimum Gasteiger partial charge on any atom is -0.396 e. The molecule has 2 N–H and O–H groups in total. The molecule has 134 valence electrons. The van der Waals surface area contributed by atoms with E-state index < -0.39 is 0 Å². The second-order valence-corrected chi connectivity index (χ2v) is 6.79. The van der Waals surface area contributed by atoms with E-state index in [2.05, 4.69) is 20.2 Å². The maximum absolute atomic E-state index is 13.1. The van der Waals surface area contributed by atoms with Crippen molar-refractivity contribution in [2.75, 3.05) is 29.9 Å². The van der Waals surface area contributed by atoms with Gasteiger partial charge in [-0.15, -0.1) is 0 Å². The predicted octanol–water partition coefficient (Wildman–Crippen LogP) is 3.65. The molecule has 25 heavy (non-hydrogen) atoms. The van der Waals surface area contributed by atoms with E-state index in [-0.39, 0.29) is 18.5 Å². The largest absolute Gasteiger partial charge is 0.396 e. The van der Waals surface area contributed by atoms with Crippen LogP contribution in [-0.4, -0.2) is 34.8 Å². The molecule has 0 radical (unpaired) electrons. The standard InChI is InChI=1S/C18H22ClFN4O/c1-12(14-2-4-15(20)5-3-14)21-18-22-16(19)10-17(23-18)24-8-6-13(11-25)7-9-24/h2-5,10,12-13,25H,6-9,11H2,1H3,(H,21,22,23)/t12-/m0/s1. The minimum atomic E-state index is -0.261. The predicted molar refractivity (Wildman–Crippen MR) is 97.5 cm³/mol. The number of aromatic nitrogens is 2. The number of nitrogens with zero attached hydrogens (tertiary/aromatic N) is 3. The van der Waals surface area contributed by atoms with Crippen LogP contribution < -0.4 is 10.2 Å². The SMILES string of the molecule is C[C@H](Nc1nc(Cl)cc(N2CCC(CO)CC2)n1)c1ccc(F)cc1. The van der Waals surface area contributed by atoms with Gasteiger partial charge in [0.25, 0.3) is 0 Å². The molecular weight excluding hydrogens is 343 g/mol. The zero-order chi connectivity index (χ0) is 17.8. The zero-order valence-corrected chi connectivity index (χ0v) is 14.9. The topological polar surface area (TPSA) is 61.3 Å². The van der Waals surface area contributed by atoms with Crippen LogP contribution >= 0.6 is 11.6 Å². The first kappa shape index (κ1) is 17.9. The van der Waals surface area contributed by atoms with Crippen molar-refractivity contribution in [3.8, 4) is 0 Å². The van der Waals surface area contributed by atoms with Gasteiger partial charge < -0.3 is 15.3 Å². The molecule has 1 aliphatic heterocycles. The molecule has 2 aromatic rings. The summed E-state index contributed by atoms with van der Waals surface area (Å²) in [6.45, 7) is 3.88. The van der Waals surface area contributed by atoms with Crippen molar-refractivity contribution >= 4 is 23.4 Å². The van der Waals surface area contributed by atoms with Gasteiger partial charge in [-0.05, 0) is 43.4 Å². The highest BCUT2D eigenvalue weighted by atomic mass is 35.5. The summed E-state index contributed by atoms with van der Waals surface area (Å²) in [5, 5.41) is 12.9. The molecule has 0 spiro atoms. The maximum atomic E-state index is 13.1. The van der Waals surface area contributed by atoms with E-state index in [0.29, 0.717) is 17.0 Å². The van der Waals surface area contributed by atoms with Crippen LogP contribution in [0.25, 0.3) is 0 Å². The molecule has 0 amide bonds. The van der Waals surface area contributed by atoms with Crippen molar-refractivity contribution in [3.05, 3.63) is 46.9 Å². The summed E-state index contributed by atoms with van der Waals surface area (Å²) in [5.74, 6) is 1.34. The van der Waals surface area contributed by atoms with Crippen LogP contribution in [0.4, 0.5) is 16.2 Å². The number of hydrogen-bond acceptors (Lipinski definition) is 5. The van der Waals surface area contributed by atoms with Crippen molar-refractivity contribution < 1.29 is 9.50 Å². The second-order valence-electron chi connectivity index (χ2n) is 6.40. The van der Waals surface area contributed by atoms with Gasteiger partial charge in [0.1, 0.15) is 16.8 Å². The van der Waals surface area contributed by atoms with Gasteiger partial charge in [-0.3, -0.25) is 0 Å². The monoisotopic (exact) mass is 364 g/mol. The van der Waals surface area contributed by atoms with E-state index in [9.17, 15) is 9.50 Å². The third-order valence-electron chi connectivity index (χ3n) is 4.59. The van der Waals surface area contributed by atoms with Crippen LogP contribution in [-0.2, 0) is 0 Å². The van der Waals surface area contributed by atoms with E-state index in [1.807, 2.05) is 6.92 Å². The Bertz CT molecular complexity index is 705. The van der Waals surface area contributed by atoms with E-state index in [4.69, 9.17) is 11.6 Å². The van der Waals surface area contributed by atoms with E-state index in [1.54, 1.807) is 18.2 Å². The first-order valence-corrected chi connectivity index (χ1v) is 8.85. The summed E-state index contributed by atoms with van der Waals surface area (Å²) in [6.07, 6.45) is 1.87. The zero-order valence-electron chi connectivity index (χ0n) is 14.1. The fourth-order valence-electron chi connectivity index (χ4n) is 3.01. The Labute approximate surface area is 151 Å². The summed E-state index contributed by atoms with van der Waals surface area (Å²) < 4.78 is 13.1. The average Bonchev–Trinajstić information content (AvgIpc) is 2.62. The van der Waals surface area contributed by atoms with Gasteiger partial charge >= 0.3 is 0 Å². The Morgan fingerprint density at radius 1 is 1.28 bits per heavy atom. The first-order valence-electron chi connectivity index (χ1n) is 8.47. The van der Waals surface area contributed by atoms with Crippen molar-refractivity contribution in [1.29, 1.82) is 0 Å². The van der Waals surface area contributed by atoms with Crippen molar-refractivity contribution in [2.45, 2.75) is 25.8 Å². The average molecular weight is 365 g/mol. The Morgan fingerprint density at radius 2 is 1.96 bits per heavy atom. The molecule has 1 saturated heterocycles. The maximum Gasteiger partial charge on any atom is 0.226 e. The number of hydrogen-bond donors (Lipinski definition) is 2. The summed E-state index contributed by atoms with van der Waals surface area (Å²) in [6, 6.07) is 8.02. The molecule has 0 saturated carbocycles. The van der Waals surface area contributed by atoms with E-state index in [1.165, 1.54) is 12.1 Å². The first-order chi connectivity index (χ1) is 12.0. The molecule has 0 bridgehead atoms. The minimum absolute atomic E-state index is 0.0768. The molecule has 0 aliphatic carbocycles. The van der Waals surface area contributed by atoms with Gasteiger partial charge in [-0.2, -0.15) is 4.98 Å². The number of rotatable bonds is 5. The lowest BCUT2D eigenvalue weighted by Gasteiger charge is -2.32. The van der Waals surface area contributed by atoms with Crippen LogP contribution in [0.1, 0.15) is 31.4 Å². The van der Waals surface area contributed by atoms with Crippen molar-refractivity contribution in [1.82, 2.24) is 9.97 Å². The molecule has 1 atom stereocenters. The second kappa shape index (κ2) is 7.97. The fraction of sp³-hybridized carbons (Fsp3) is 0.444. The lowest BCUT2D eigenvalue weighted by molar-refractivity contribution is 0.203. The number of piperidine rings is 1. The summed E-state index contributed by atoms with van der Waals surface area (Å²) in [4.78, 5) is 11.0. The highest BCUT2D eigenvalue weighted by Crippen LogP contribution is 2.25. The van der Waals surface area contributed by atoms with Gasteiger partial charge in [0.15, 0.2) is 0 Å². The normalized spacial score (nSPS) is 16.7. The fourth-order valence-corrected chi connectivity index (χ4v) is 3.18. The molecular formula is C18H22ClFN4O. The van der Waals surface area contributed by atoms with Crippen LogP contribution in [0.15, 0.2) is 30.3 Å². The number of aliphatic hydroxyl groups excluding tert-OH is 1. The Hall–Kier alpha value is -1.92. The lowest BCUT2D eigenvalue weighted by Crippen LogP contribution is -2.35. The highest BCUT2D eigenvalue weighted by Gasteiger charge is 2.20. The number of benzene rings is 1. The van der Waals surface area contributed by atoms with Gasteiger partial charge in [0.2, 0.25) is 5.95 Å². The van der Waals surface area contributed by atoms with Gasteiger partial charge in [0.05, 0.1) is 6.04 Å². The van der Waals surface area contributed by atoms with Crippen LogP contribution in [0.2, 0.25) is 5.15 Å². The quantitative estimate of drug-likeness (QED) is 0.793. The molecule has 5 nitrogen and oxygen atoms in total. The van der Waals surface area contributed by atoms with Crippen LogP contribution in [0.3, 0.4) is 0 Å². The molecule has 1 aromatic carbocycles. The van der Waals surface area contributed by atoms with Crippen LogP contribution in [0.5, 0.6) is 0 Å². The molecule has 3 rings (SSSR count). The summed E-state index contributed by atoms with van der Waals surface area (Å²) in [5.41, 5.74) is 0.940. The van der Waals surface area contributed by atoms with Gasteiger partial charge in [0, 0.05) is 25.8 Å². The van der Waals surface area contributed by atoms with Crippen molar-refractivity contribution in [3.63, 3.8) is 0 Å². The number of aliphatic hydroxyl groups is 1. The number of nitrogens with one attached hydrogen (secondary N) is 1. The van der Waals surface area contributed by atoms with Crippen molar-refractivity contribution in [2.24, 2.45) is 5.92 Å². The number of halogens is 2. The third-order valence-corrected chi connectivity index (χ3v) is 4.79. The van der Waals surface area contributed by atoms with Crippen LogP contribution in [0, 0.1) is 11.7 Å². The molecule has 1 aliphatic rings. The third kappa shape index (κ3) is 4.58. The van der Waals surface area contributed by atoms with E-state index in [0.717, 1.165) is 37.3 Å². The van der Waals surface area contributed by atoms with E-state index >= 15 is 0 Å². The molecule has 1 aromatic heterocycles. The Balaban J connectivity index is 1.72. The Kier molecular flexibility index (Phi) is 5.71. The highest BCUT2D eigenvalue weighted by molar-refractivity contribution is 6.29. The smallest absolute Gasteiger partial charge is 0.226 e. The Morgan fingerprint density at radius 3 is 2.60 bits per heavy atom. The lowest BCUT2D eigenvalue weighted by atomic mass is 9.98. The summed E-state index contributed by atoms with van der Waals surface area (Å²) in [7, 11) is 0. The molecule has 7 heteroatoms. The summed E-state index contributed by atoms with van der Waals surface area (Å²) >= 11 is 6.17.